The topological polar surface area (TPSA) is 146 Å². The minimum absolute atomic E-state index is 0.0354. The van der Waals surface area contributed by atoms with Crippen molar-refractivity contribution >= 4 is 17.3 Å². The van der Waals surface area contributed by atoms with E-state index in [1.807, 2.05) is 32.9 Å². The number of non-ortho nitro benzene ring substituents is 1. The molecule has 1 N–H and O–H groups in total. The summed E-state index contributed by atoms with van der Waals surface area (Å²) >= 11 is 0. The van der Waals surface area contributed by atoms with E-state index in [-0.39, 0.29) is 23.0 Å². The summed E-state index contributed by atoms with van der Waals surface area (Å²) in [5.74, 6) is -0.299. The zero-order chi connectivity index (χ0) is 21.9. The highest BCUT2D eigenvalue weighted by Crippen LogP contribution is 2.70. The number of carbonyl (C=O) groups is 1. The number of rotatable bonds is 3. The Morgan fingerprint density at radius 3 is 2.17 bits per heavy atom. The molecule has 0 spiro atoms. The molecule has 1 fully saturated rings. The first-order valence-corrected chi connectivity index (χ1v) is 9.41. The van der Waals surface area contributed by atoms with Gasteiger partial charge >= 0.3 is 0 Å². The predicted molar refractivity (Wildman–Crippen MR) is 105 cm³/mol. The summed E-state index contributed by atoms with van der Waals surface area (Å²) in [7, 11) is 0. The van der Waals surface area contributed by atoms with Crippen molar-refractivity contribution in [3.63, 3.8) is 0 Å². The van der Waals surface area contributed by atoms with Gasteiger partial charge in [-0.05, 0) is 30.4 Å². The molecule has 2 aromatic rings. The Bertz CT molecular complexity index is 1190. The predicted octanol–water partition coefficient (Wildman–Crippen LogP) is 3.10. The number of nitrogens with zero attached hydrogens (tertiary/aromatic N) is 5. The Labute approximate surface area is 172 Å². The molecule has 0 radical (unpaired) electrons. The monoisotopic (exact) mass is 402 g/mol. The summed E-state index contributed by atoms with van der Waals surface area (Å²) in [5, 5.41) is 32.5. The van der Waals surface area contributed by atoms with Crippen LogP contribution in [0.3, 0.4) is 0 Å². The van der Waals surface area contributed by atoms with Crippen molar-refractivity contribution in [2.24, 2.45) is 5.41 Å². The largest absolute Gasteiger partial charge is 0.325 e. The average molecular weight is 402 g/mol. The van der Waals surface area contributed by atoms with Crippen LogP contribution in [-0.2, 0) is 15.6 Å². The van der Waals surface area contributed by atoms with E-state index in [0.29, 0.717) is 29.9 Å². The number of fused-ring (bicyclic) bond motifs is 5. The van der Waals surface area contributed by atoms with Crippen molar-refractivity contribution in [2.45, 2.75) is 44.4 Å². The van der Waals surface area contributed by atoms with Crippen LogP contribution in [0.25, 0.3) is 0 Å². The molecular weight excluding hydrogens is 384 g/mol. The average Bonchev–Trinajstić information content (AvgIpc) is 3.02. The van der Waals surface area contributed by atoms with Gasteiger partial charge in [-0.15, -0.1) is 0 Å². The molecule has 30 heavy (non-hydrogen) atoms. The molecule has 4 rings (SSSR count). The molecule has 2 atom stereocenters. The molecule has 9 nitrogen and oxygen atoms in total. The molecule has 9 heteroatoms. The molecule has 1 aromatic heterocycles. The quantitative estimate of drug-likeness (QED) is 0.613. The number of nitrogens with one attached hydrogen (secondary N) is 1. The number of nitro benzene ring substituents is 1. The van der Waals surface area contributed by atoms with Crippen molar-refractivity contribution in [1.82, 2.24) is 9.97 Å². The molecule has 2 unspecified atom stereocenters. The van der Waals surface area contributed by atoms with Crippen molar-refractivity contribution < 1.29 is 9.72 Å². The fourth-order valence-corrected chi connectivity index (χ4v) is 5.05. The minimum atomic E-state index is -1.04. The number of nitriles is 2. The Hall–Kier alpha value is -3.85. The molecule has 1 saturated carbocycles. The van der Waals surface area contributed by atoms with Crippen molar-refractivity contribution in [3.05, 3.63) is 57.2 Å². The van der Waals surface area contributed by atoms with E-state index in [0.717, 1.165) is 0 Å². The van der Waals surface area contributed by atoms with E-state index >= 15 is 0 Å². The molecule has 1 aromatic carbocycles. The highest BCUT2D eigenvalue weighted by Gasteiger charge is 2.73. The third-order valence-electron chi connectivity index (χ3n) is 7.20. The van der Waals surface area contributed by atoms with Crippen molar-refractivity contribution in [2.75, 3.05) is 5.32 Å². The van der Waals surface area contributed by atoms with Crippen LogP contribution in [0.4, 0.5) is 11.4 Å². The zero-order valence-corrected chi connectivity index (χ0v) is 16.7. The minimum Gasteiger partial charge on any atom is -0.325 e. The van der Waals surface area contributed by atoms with Gasteiger partial charge in [-0.25, -0.2) is 9.97 Å². The van der Waals surface area contributed by atoms with Crippen molar-refractivity contribution in [1.29, 1.82) is 10.5 Å². The summed E-state index contributed by atoms with van der Waals surface area (Å²) in [6, 6.07) is 9.45. The van der Waals surface area contributed by atoms with Crippen LogP contribution in [0.2, 0.25) is 0 Å². The maximum absolute atomic E-state index is 13.6. The van der Waals surface area contributed by atoms with Crippen LogP contribution in [-0.4, -0.2) is 20.8 Å². The highest BCUT2D eigenvalue weighted by atomic mass is 16.6. The normalized spacial score (nSPS) is 25.1. The number of aromatic nitrogens is 2. The Morgan fingerprint density at radius 1 is 1.07 bits per heavy atom. The fraction of sp³-hybridized carbons (Fsp3) is 0.381. The van der Waals surface area contributed by atoms with E-state index in [9.17, 15) is 25.4 Å². The van der Waals surface area contributed by atoms with E-state index in [1.54, 1.807) is 0 Å². The van der Waals surface area contributed by atoms with E-state index < -0.39 is 21.2 Å². The fourth-order valence-electron chi connectivity index (χ4n) is 5.05. The number of hydrogen-bond donors (Lipinski definition) is 1. The maximum Gasteiger partial charge on any atom is 0.269 e. The molecule has 2 aliphatic rings. The summed E-state index contributed by atoms with van der Waals surface area (Å²) in [5.41, 5.74) is -0.831. The summed E-state index contributed by atoms with van der Waals surface area (Å²) in [4.78, 5) is 32.9. The lowest BCUT2D eigenvalue weighted by molar-refractivity contribution is -0.384. The molecule has 2 bridgehead atoms. The van der Waals surface area contributed by atoms with Gasteiger partial charge in [0.2, 0.25) is 5.91 Å². The Balaban J connectivity index is 1.83. The van der Waals surface area contributed by atoms with Gasteiger partial charge in [0.1, 0.15) is 12.1 Å². The van der Waals surface area contributed by atoms with Gasteiger partial charge in [0, 0.05) is 23.2 Å². The van der Waals surface area contributed by atoms with Gasteiger partial charge in [0.25, 0.3) is 5.69 Å². The third kappa shape index (κ3) is 2.17. The smallest absolute Gasteiger partial charge is 0.269 e. The molecule has 150 valence electrons. The molecule has 2 aliphatic carbocycles. The second-order valence-electron chi connectivity index (χ2n) is 8.46. The van der Waals surface area contributed by atoms with Crippen LogP contribution in [0.15, 0.2) is 24.3 Å². The number of benzene rings is 1. The first-order chi connectivity index (χ1) is 14.1. The van der Waals surface area contributed by atoms with E-state index in [2.05, 4.69) is 15.3 Å². The molecule has 1 heterocycles. The SMILES string of the molecule is CC12CCC(C(=O)Nc3ccc([N+](=O)[O-])cc3)(c3nc(C#N)c(C#N)nc31)C2(C)C. The number of carbonyl (C=O) groups excluding carboxylic acids is 1. The third-order valence-corrected chi connectivity index (χ3v) is 7.20. The molecular formula is C21H18N6O3. The van der Waals surface area contributed by atoms with Crippen LogP contribution in [0.1, 0.15) is 56.4 Å². The maximum atomic E-state index is 13.6. The van der Waals surface area contributed by atoms with Gasteiger partial charge in [-0.3, -0.25) is 14.9 Å². The van der Waals surface area contributed by atoms with Gasteiger partial charge in [-0.2, -0.15) is 10.5 Å². The van der Waals surface area contributed by atoms with Crippen LogP contribution in [0, 0.1) is 38.2 Å². The number of anilines is 1. The zero-order valence-electron chi connectivity index (χ0n) is 16.7. The van der Waals surface area contributed by atoms with Gasteiger partial charge in [-0.1, -0.05) is 20.8 Å². The highest BCUT2D eigenvalue weighted by molar-refractivity contribution is 6.01. The molecule has 0 aliphatic heterocycles. The number of nitro groups is 1. The summed E-state index contributed by atoms with van der Waals surface area (Å²) in [6.45, 7) is 5.98. The van der Waals surface area contributed by atoms with Crippen LogP contribution in [0.5, 0.6) is 0 Å². The van der Waals surface area contributed by atoms with Gasteiger partial charge in [0.15, 0.2) is 11.4 Å². The lowest BCUT2D eigenvalue weighted by Gasteiger charge is -2.39. The number of hydrogen-bond acceptors (Lipinski definition) is 7. The van der Waals surface area contributed by atoms with E-state index in [4.69, 9.17) is 0 Å². The first-order valence-electron chi connectivity index (χ1n) is 9.41. The Kier molecular flexibility index (Phi) is 3.94. The van der Waals surface area contributed by atoms with Crippen LogP contribution < -0.4 is 5.32 Å². The Morgan fingerprint density at radius 2 is 1.63 bits per heavy atom. The lowest BCUT2D eigenvalue weighted by atomic mass is 9.63. The van der Waals surface area contributed by atoms with Crippen LogP contribution >= 0.6 is 0 Å². The van der Waals surface area contributed by atoms with Crippen molar-refractivity contribution in [3.8, 4) is 12.1 Å². The standard InChI is InChI=1S/C21H18N6O3/c1-19(2)20(3)8-9-21(19,17-16(20)25-14(10-22)15(11-23)26-17)18(28)24-12-4-6-13(7-5-12)27(29)30/h4-7H,8-9H2,1-3H3,(H,24,28). The van der Waals surface area contributed by atoms with Gasteiger partial charge in [0.05, 0.1) is 21.7 Å². The summed E-state index contributed by atoms with van der Waals surface area (Å²) in [6.07, 6.45) is 1.21. The number of amides is 1. The molecule has 1 amide bonds. The second-order valence-corrected chi connectivity index (χ2v) is 8.46. The lowest BCUT2D eigenvalue weighted by Crippen LogP contribution is -2.48. The first kappa shape index (κ1) is 19.5. The second kappa shape index (κ2) is 6.07. The van der Waals surface area contributed by atoms with Gasteiger partial charge < -0.3 is 5.32 Å². The van der Waals surface area contributed by atoms with E-state index in [1.165, 1.54) is 24.3 Å². The molecule has 0 saturated heterocycles. The summed E-state index contributed by atoms with van der Waals surface area (Å²) < 4.78 is 0.